The van der Waals surface area contributed by atoms with Gasteiger partial charge in [0.15, 0.2) is 5.75 Å². The van der Waals surface area contributed by atoms with Crippen LogP contribution in [-0.2, 0) is 11.8 Å². The molecular weight excluding hydrogens is 485 g/mol. The fourth-order valence-electron chi connectivity index (χ4n) is 2.66. The lowest BCUT2D eigenvalue weighted by Gasteiger charge is -2.15. The van der Waals surface area contributed by atoms with Crippen molar-refractivity contribution in [2.75, 3.05) is 5.73 Å². The Morgan fingerprint density at radius 2 is 1.93 bits per heavy atom. The second-order valence-corrected chi connectivity index (χ2v) is 6.91. The van der Waals surface area contributed by atoms with E-state index in [9.17, 15) is 14.4 Å². The normalized spacial score (nSPS) is 10.5. The van der Waals surface area contributed by atoms with Crippen LogP contribution in [0.25, 0.3) is 16.6 Å². The highest BCUT2D eigenvalue weighted by molar-refractivity contribution is 14.1. The van der Waals surface area contributed by atoms with Crippen LogP contribution in [0, 0.1) is 3.57 Å². The summed E-state index contributed by atoms with van der Waals surface area (Å²) in [6.07, 6.45) is 0.136. The van der Waals surface area contributed by atoms with Gasteiger partial charge in [-0.25, -0.2) is 9.36 Å². The van der Waals surface area contributed by atoms with E-state index in [-0.39, 0.29) is 36.0 Å². The van der Waals surface area contributed by atoms with Gasteiger partial charge in [0, 0.05) is 17.0 Å². The van der Waals surface area contributed by atoms with E-state index in [4.69, 9.17) is 10.5 Å². The van der Waals surface area contributed by atoms with Crippen molar-refractivity contribution in [3.8, 4) is 11.4 Å². The molecule has 27 heavy (non-hydrogen) atoms. The summed E-state index contributed by atoms with van der Waals surface area (Å²) in [5.74, 6) is -0.507. The number of nitrogens with two attached hydrogens (primary N) is 1. The molecule has 1 aromatic heterocycles. The highest BCUT2D eigenvalue weighted by Gasteiger charge is 2.19. The number of fused-ring (bicyclic) bond motifs is 1. The van der Waals surface area contributed by atoms with Crippen LogP contribution in [0.4, 0.5) is 5.69 Å². The predicted molar refractivity (Wildman–Crippen MR) is 115 cm³/mol. The van der Waals surface area contributed by atoms with E-state index in [1.807, 2.05) is 6.07 Å². The van der Waals surface area contributed by atoms with Crippen molar-refractivity contribution < 1.29 is 9.53 Å². The highest BCUT2D eigenvalue weighted by Crippen LogP contribution is 2.29. The zero-order chi connectivity index (χ0) is 19.0. The summed E-state index contributed by atoms with van der Waals surface area (Å²) in [5.41, 5.74) is 5.71. The molecule has 9 heteroatoms. The molecule has 1 heterocycles. The summed E-state index contributed by atoms with van der Waals surface area (Å²) in [6.45, 7) is 1.64. The van der Waals surface area contributed by atoms with Gasteiger partial charge in [0.25, 0.3) is 5.56 Å². The van der Waals surface area contributed by atoms with Gasteiger partial charge < -0.3 is 10.5 Å². The minimum Gasteiger partial charge on any atom is -0.422 e. The maximum absolute atomic E-state index is 13.0. The first-order valence-corrected chi connectivity index (χ1v) is 8.93. The number of carbonyl (C=O) groups is 1. The number of ether oxygens (including phenoxy) is 1. The van der Waals surface area contributed by atoms with Crippen LogP contribution < -0.4 is 21.7 Å². The molecule has 0 atom stereocenters. The topological polar surface area (TPSA) is 96.3 Å². The molecule has 0 unspecified atom stereocenters. The molecule has 7 nitrogen and oxygen atoms in total. The number of esters is 1. The number of benzene rings is 2. The van der Waals surface area contributed by atoms with E-state index in [1.165, 1.54) is 10.6 Å². The van der Waals surface area contributed by atoms with Gasteiger partial charge in [-0.05, 0) is 52.9 Å². The summed E-state index contributed by atoms with van der Waals surface area (Å²) < 4.78 is 8.51. The molecule has 0 aliphatic carbocycles. The van der Waals surface area contributed by atoms with E-state index in [0.29, 0.717) is 10.9 Å². The van der Waals surface area contributed by atoms with Gasteiger partial charge in [0.2, 0.25) is 0 Å². The third-order valence-electron chi connectivity index (χ3n) is 4.00. The Hall–Kier alpha value is -2.33. The molecule has 3 aromatic rings. The molecule has 0 amide bonds. The molecule has 0 saturated heterocycles. The zero-order valence-electron chi connectivity index (χ0n) is 14.6. The summed E-state index contributed by atoms with van der Waals surface area (Å²) in [4.78, 5) is 37.6. The smallest absolute Gasteiger partial charge is 0.335 e. The molecule has 0 bridgehead atoms. The number of halogens is 2. The fourth-order valence-corrected chi connectivity index (χ4v) is 3.15. The zero-order valence-corrected chi connectivity index (χ0v) is 17.5. The molecule has 3 rings (SSSR count). The average Bonchev–Trinajstić information content (AvgIpc) is 2.62. The van der Waals surface area contributed by atoms with Gasteiger partial charge in [-0.15, -0.1) is 12.4 Å². The molecule has 142 valence electrons. The number of para-hydroxylation sites is 1. The van der Waals surface area contributed by atoms with E-state index in [2.05, 4.69) is 22.6 Å². The van der Waals surface area contributed by atoms with Gasteiger partial charge in [0.1, 0.15) is 0 Å². The Morgan fingerprint density at radius 1 is 1.22 bits per heavy atom. The van der Waals surface area contributed by atoms with Crippen molar-refractivity contribution in [3.63, 3.8) is 0 Å². The third kappa shape index (κ3) is 3.72. The molecule has 0 spiro atoms. The molecular formula is C18H17ClIN3O4. The minimum absolute atomic E-state index is 0. The van der Waals surface area contributed by atoms with Gasteiger partial charge >= 0.3 is 11.7 Å². The number of hydrogen-bond acceptors (Lipinski definition) is 5. The number of aryl methyl sites for hydroxylation is 1. The number of anilines is 1. The number of rotatable bonds is 3. The van der Waals surface area contributed by atoms with Gasteiger partial charge in [-0.1, -0.05) is 13.0 Å². The van der Waals surface area contributed by atoms with Crippen LogP contribution in [0.1, 0.15) is 13.3 Å². The van der Waals surface area contributed by atoms with Crippen LogP contribution >= 0.6 is 35.0 Å². The monoisotopic (exact) mass is 501 g/mol. The van der Waals surface area contributed by atoms with Crippen molar-refractivity contribution >= 4 is 57.6 Å². The third-order valence-corrected chi connectivity index (χ3v) is 4.67. The first-order chi connectivity index (χ1) is 12.3. The van der Waals surface area contributed by atoms with Crippen molar-refractivity contribution in [3.05, 3.63) is 60.8 Å². The second-order valence-electron chi connectivity index (χ2n) is 5.67. The molecule has 0 aliphatic heterocycles. The number of carbonyl (C=O) groups excluding carboxylic acids is 1. The van der Waals surface area contributed by atoms with Gasteiger partial charge in [-0.2, -0.15) is 0 Å². The van der Waals surface area contributed by atoms with Crippen LogP contribution in [-0.4, -0.2) is 15.1 Å². The molecule has 2 aromatic carbocycles. The first kappa shape index (κ1) is 21.0. The maximum atomic E-state index is 13.0. The molecule has 0 fully saturated rings. The number of nitrogens with zero attached hydrogens (tertiary/aromatic N) is 2. The van der Waals surface area contributed by atoms with Gasteiger partial charge in [-0.3, -0.25) is 14.2 Å². The van der Waals surface area contributed by atoms with Gasteiger partial charge in [0.05, 0.1) is 22.3 Å². The Balaban J connectivity index is 0.00000261. The second kappa shape index (κ2) is 8.13. The van der Waals surface area contributed by atoms with E-state index in [1.54, 1.807) is 38.2 Å². The Kier molecular flexibility index (Phi) is 6.32. The van der Waals surface area contributed by atoms with Crippen molar-refractivity contribution in [1.29, 1.82) is 0 Å². The van der Waals surface area contributed by atoms with E-state index < -0.39 is 17.2 Å². The summed E-state index contributed by atoms with van der Waals surface area (Å²) >= 11 is 2.10. The fraction of sp³-hybridized carbons (Fsp3) is 0.167. The first-order valence-electron chi connectivity index (χ1n) is 7.86. The molecule has 0 saturated carbocycles. The summed E-state index contributed by atoms with van der Waals surface area (Å²) in [6, 6.07) is 9.91. The molecule has 0 radical (unpaired) electrons. The lowest BCUT2D eigenvalue weighted by atomic mass is 10.2. The summed E-state index contributed by atoms with van der Waals surface area (Å²) in [7, 11) is 1.58. The molecule has 0 aliphatic rings. The van der Waals surface area contributed by atoms with Crippen molar-refractivity contribution in [1.82, 2.24) is 9.13 Å². The number of hydrogen-bond donors (Lipinski definition) is 1. The highest BCUT2D eigenvalue weighted by atomic mass is 127. The SMILES string of the molecule is CCC(=O)Oc1c(N)cccc1-n1c(=O)c2cc(I)ccc2n(C)c1=O.Cl. The predicted octanol–water partition coefficient (Wildman–Crippen LogP) is 2.61. The number of aromatic nitrogens is 2. The largest absolute Gasteiger partial charge is 0.422 e. The van der Waals surface area contributed by atoms with E-state index >= 15 is 0 Å². The van der Waals surface area contributed by atoms with Crippen LogP contribution in [0.15, 0.2) is 46.0 Å². The van der Waals surface area contributed by atoms with Crippen LogP contribution in [0.3, 0.4) is 0 Å². The standard InChI is InChI=1S/C18H16IN3O4.ClH/c1-3-15(23)26-16-12(20)5-4-6-14(16)22-17(24)11-9-10(19)7-8-13(11)21(2)18(22)25;/h4-9H,3,20H2,1-2H3;1H. The lowest BCUT2D eigenvalue weighted by molar-refractivity contribution is -0.133. The van der Waals surface area contributed by atoms with Crippen molar-refractivity contribution in [2.24, 2.45) is 7.05 Å². The van der Waals surface area contributed by atoms with Crippen LogP contribution in [0.2, 0.25) is 0 Å². The van der Waals surface area contributed by atoms with E-state index in [0.717, 1.165) is 8.14 Å². The Labute approximate surface area is 174 Å². The van der Waals surface area contributed by atoms with Crippen molar-refractivity contribution in [2.45, 2.75) is 13.3 Å². The lowest BCUT2D eigenvalue weighted by Crippen LogP contribution is -2.38. The molecule has 2 N–H and O–H groups in total. The summed E-state index contributed by atoms with van der Waals surface area (Å²) in [5, 5.41) is 0.384. The Morgan fingerprint density at radius 3 is 2.59 bits per heavy atom. The minimum atomic E-state index is -0.553. The Bertz CT molecular complexity index is 1150. The maximum Gasteiger partial charge on any atom is 0.335 e. The van der Waals surface area contributed by atoms with Crippen LogP contribution in [0.5, 0.6) is 5.75 Å². The average molecular weight is 502 g/mol. The quantitative estimate of drug-likeness (QED) is 0.258. The number of nitrogen functional groups attached to an aromatic ring is 1.